The van der Waals surface area contributed by atoms with E-state index in [-0.39, 0.29) is 11.8 Å². The molecular formula is C25H32N4O2. The molecule has 6 nitrogen and oxygen atoms in total. The molecule has 0 atom stereocenters. The molecule has 2 aromatic rings. The number of aliphatic imine (C=N–C) groups is 1. The van der Waals surface area contributed by atoms with E-state index in [9.17, 15) is 4.79 Å². The highest BCUT2D eigenvalue weighted by Crippen LogP contribution is 2.26. The molecule has 0 aliphatic heterocycles. The van der Waals surface area contributed by atoms with Crippen molar-refractivity contribution in [1.29, 1.82) is 0 Å². The summed E-state index contributed by atoms with van der Waals surface area (Å²) in [6.45, 7) is 5.35. The van der Waals surface area contributed by atoms with Gasteiger partial charge in [0.25, 0.3) is 0 Å². The second-order valence-electron chi connectivity index (χ2n) is 7.66. The Morgan fingerprint density at radius 1 is 1.13 bits per heavy atom. The largest absolute Gasteiger partial charge is 0.489 e. The van der Waals surface area contributed by atoms with Crippen LogP contribution in [0.2, 0.25) is 0 Å². The Bertz CT molecular complexity index is 904. The number of hydrogen-bond donors (Lipinski definition) is 3. The molecule has 3 rings (SSSR count). The van der Waals surface area contributed by atoms with Crippen molar-refractivity contribution in [3.05, 3.63) is 72.3 Å². The second-order valence-corrected chi connectivity index (χ2v) is 7.66. The van der Waals surface area contributed by atoms with Crippen LogP contribution in [0.25, 0.3) is 0 Å². The van der Waals surface area contributed by atoms with Gasteiger partial charge >= 0.3 is 0 Å². The summed E-state index contributed by atoms with van der Waals surface area (Å²) in [6.07, 6.45) is 6.03. The Morgan fingerprint density at radius 3 is 2.68 bits per heavy atom. The number of hydrogen-bond acceptors (Lipinski definition) is 3. The molecule has 1 amide bonds. The fourth-order valence-electron chi connectivity index (χ4n) is 3.72. The molecule has 31 heavy (non-hydrogen) atoms. The molecule has 164 valence electrons. The molecule has 0 aromatic heterocycles. The lowest BCUT2D eigenvalue weighted by Gasteiger charge is -2.15. The average Bonchev–Trinajstić information content (AvgIpc) is 3.34. The van der Waals surface area contributed by atoms with Crippen molar-refractivity contribution in [3.63, 3.8) is 0 Å². The lowest BCUT2D eigenvalue weighted by molar-refractivity contribution is -0.119. The van der Waals surface area contributed by atoms with E-state index in [1.807, 2.05) is 48.5 Å². The van der Waals surface area contributed by atoms with E-state index in [0.29, 0.717) is 25.7 Å². The molecule has 0 unspecified atom stereocenters. The Hall–Kier alpha value is -3.28. The van der Waals surface area contributed by atoms with Gasteiger partial charge in [0.05, 0.1) is 0 Å². The van der Waals surface area contributed by atoms with Crippen LogP contribution in [0, 0.1) is 5.92 Å². The van der Waals surface area contributed by atoms with Gasteiger partial charge in [0.2, 0.25) is 5.91 Å². The Labute approximate surface area is 184 Å². The number of nitrogens with zero attached hydrogens (tertiary/aromatic N) is 1. The number of rotatable bonds is 9. The summed E-state index contributed by atoms with van der Waals surface area (Å²) in [6, 6.07) is 15.8. The van der Waals surface area contributed by atoms with Gasteiger partial charge < -0.3 is 20.7 Å². The maximum atomic E-state index is 12.4. The van der Waals surface area contributed by atoms with Gasteiger partial charge in [-0.15, -0.1) is 0 Å². The molecule has 6 heteroatoms. The molecule has 0 saturated heterocycles. The van der Waals surface area contributed by atoms with Crippen molar-refractivity contribution in [1.82, 2.24) is 10.6 Å². The smallest absolute Gasteiger partial charge is 0.227 e. The third-order valence-corrected chi connectivity index (χ3v) is 5.38. The van der Waals surface area contributed by atoms with Crippen LogP contribution in [0.4, 0.5) is 5.69 Å². The summed E-state index contributed by atoms with van der Waals surface area (Å²) >= 11 is 0. The van der Waals surface area contributed by atoms with Gasteiger partial charge in [-0.1, -0.05) is 55.8 Å². The van der Waals surface area contributed by atoms with Crippen LogP contribution < -0.4 is 20.7 Å². The molecule has 0 bridgehead atoms. The van der Waals surface area contributed by atoms with Crippen LogP contribution in [-0.4, -0.2) is 25.5 Å². The Morgan fingerprint density at radius 2 is 1.90 bits per heavy atom. The van der Waals surface area contributed by atoms with Crippen molar-refractivity contribution in [3.8, 4) is 5.75 Å². The van der Waals surface area contributed by atoms with Crippen LogP contribution in [0.3, 0.4) is 0 Å². The summed E-state index contributed by atoms with van der Waals surface area (Å²) in [7, 11) is 1.74. The minimum absolute atomic E-state index is 0.137. The third kappa shape index (κ3) is 6.88. The number of anilines is 1. The van der Waals surface area contributed by atoms with Crippen molar-refractivity contribution >= 4 is 17.6 Å². The van der Waals surface area contributed by atoms with E-state index in [4.69, 9.17) is 4.74 Å². The highest BCUT2D eigenvalue weighted by atomic mass is 16.5. The third-order valence-electron chi connectivity index (χ3n) is 5.38. The maximum absolute atomic E-state index is 12.4. The number of benzene rings is 2. The predicted octanol–water partition coefficient (Wildman–Crippen LogP) is 4.25. The Kier molecular flexibility index (Phi) is 8.52. The number of para-hydroxylation sites is 1. The number of amides is 1. The average molecular weight is 421 g/mol. The number of carbonyl (C=O) groups excluding carboxylic acids is 1. The van der Waals surface area contributed by atoms with E-state index in [2.05, 4.69) is 27.5 Å². The first-order valence-corrected chi connectivity index (χ1v) is 10.9. The number of nitrogens with one attached hydrogen (secondary N) is 3. The van der Waals surface area contributed by atoms with Crippen LogP contribution in [0.1, 0.15) is 36.8 Å². The molecule has 3 N–H and O–H groups in total. The highest BCUT2D eigenvalue weighted by Gasteiger charge is 2.22. The molecule has 1 fully saturated rings. The minimum Gasteiger partial charge on any atom is -0.489 e. The van der Waals surface area contributed by atoms with Gasteiger partial charge in [0, 0.05) is 37.3 Å². The van der Waals surface area contributed by atoms with Gasteiger partial charge in [0.1, 0.15) is 12.4 Å². The summed E-state index contributed by atoms with van der Waals surface area (Å²) in [5, 5.41) is 9.71. The maximum Gasteiger partial charge on any atom is 0.227 e. The summed E-state index contributed by atoms with van der Waals surface area (Å²) in [5.74, 6) is 1.82. The number of guanidine groups is 1. The van der Waals surface area contributed by atoms with Crippen molar-refractivity contribution in [2.24, 2.45) is 10.9 Å². The fraction of sp³-hybridized carbons (Fsp3) is 0.360. The Balaban J connectivity index is 1.52. The molecule has 0 heterocycles. The van der Waals surface area contributed by atoms with E-state index in [0.717, 1.165) is 48.2 Å². The van der Waals surface area contributed by atoms with Gasteiger partial charge in [-0.25, -0.2) is 0 Å². The number of carbonyl (C=O) groups is 1. The van der Waals surface area contributed by atoms with E-state index in [1.54, 1.807) is 13.1 Å². The molecule has 1 aliphatic rings. The van der Waals surface area contributed by atoms with Gasteiger partial charge in [0.15, 0.2) is 5.96 Å². The quantitative estimate of drug-likeness (QED) is 0.322. The fourth-order valence-corrected chi connectivity index (χ4v) is 3.72. The topological polar surface area (TPSA) is 74.8 Å². The molecule has 2 aromatic carbocycles. The number of ether oxygens (including phenoxy) is 1. The SMILES string of the molecule is C=CCOc1ccccc1CNC(=NC)NCc1cccc(NC(=O)C2CCCC2)c1. The summed E-state index contributed by atoms with van der Waals surface area (Å²) in [5.41, 5.74) is 2.96. The van der Waals surface area contributed by atoms with Gasteiger partial charge in [-0.05, 0) is 36.6 Å². The van der Waals surface area contributed by atoms with Gasteiger partial charge in [-0.2, -0.15) is 0 Å². The van der Waals surface area contributed by atoms with Crippen LogP contribution in [0.5, 0.6) is 5.75 Å². The standard InChI is InChI=1S/C25H32N4O2/c1-3-15-31-23-14-7-6-12-21(23)18-28-25(26-2)27-17-19-9-8-13-22(16-19)29-24(30)20-10-4-5-11-20/h3,6-9,12-14,16,20H,1,4-5,10-11,15,17-18H2,2H3,(H,29,30)(H2,26,27,28). The van der Waals surface area contributed by atoms with Crippen molar-refractivity contribution in [2.75, 3.05) is 19.0 Å². The van der Waals surface area contributed by atoms with Crippen LogP contribution in [0.15, 0.2) is 66.2 Å². The summed E-state index contributed by atoms with van der Waals surface area (Å²) in [4.78, 5) is 16.7. The first-order valence-electron chi connectivity index (χ1n) is 10.9. The molecule has 0 radical (unpaired) electrons. The summed E-state index contributed by atoms with van der Waals surface area (Å²) < 4.78 is 5.71. The molecule has 1 aliphatic carbocycles. The van der Waals surface area contributed by atoms with E-state index >= 15 is 0 Å². The first-order chi connectivity index (χ1) is 15.2. The van der Waals surface area contributed by atoms with Crippen LogP contribution >= 0.6 is 0 Å². The van der Waals surface area contributed by atoms with Gasteiger partial charge in [-0.3, -0.25) is 9.79 Å². The lowest BCUT2D eigenvalue weighted by Crippen LogP contribution is -2.36. The zero-order valence-corrected chi connectivity index (χ0v) is 18.2. The van der Waals surface area contributed by atoms with Crippen molar-refractivity contribution in [2.45, 2.75) is 38.8 Å². The zero-order chi connectivity index (χ0) is 21.9. The predicted molar refractivity (Wildman–Crippen MR) is 126 cm³/mol. The zero-order valence-electron chi connectivity index (χ0n) is 18.2. The first kappa shape index (κ1) is 22.4. The highest BCUT2D eigenvalue weighted by molar-refractivity contribution is 5.92. The van der Waals surface area contributed by atoms with E-state index in [1.165, 1.54) is 0 Å². The lowest BCUT2D eigenvalue weighted by atomic mass is 10.1. The molecular weight excluding hydrogens is 388 g/mol. The molecule has 1 saturated carbocycles. The molecule has 0 spiro atoms. The van der Waals surface area contributed by atoms with Crippen molar-refractivity contribution < 1.29 is 9.53 Å². The van der Waals surface area contributed by atoms with E-state index < -0.39 is 0 Å². The minimum atomic E-state index is 0.137. The second kappa shape index (κ2) is 11.8. The normalized spacial score (nSPS) is 14.2. The van der Waals surface area contributed by atoms with Crippen LogP contribution in [-0.2, 0) is 17.9 Å². The monoisotopic (exact) mass is 420 g/mol.